The Labute approximate surface area is 253 Å². The van der Waals surface area contributed by atoms with Crippen molar-refractivity contribution in [3.05, 3.63) is 66.0 Å². The number of aromatic nitrogens is 2. The Bertz CT molecular complexity index is 1320. The smallest absolute Gasteiger partial charge is 0.220 e. The number of halogens is 1. The van der Waals surface area contributed by atoms with Crippen molar-refractivity contribution < 1.29 is 4.39 Å². The van der Waals surface area contributed by atoms with E-state index in [1.54, 1.807) is 18.5 Å². The van der Waals surface area contributed by atoms with Gasteiger partial charge in [0, 0.05) is 35.9 Å². The summed E-state index contributed by atoms with van der Waals surface area (Å²) in [5.41, 5.74) is 11.8. The second-order valence-electron chi connectivity index (χ2n) is 13.1. The fourth-order valence-electron chi connectivity index (χ4n) is 5.65. The van der Waals surface area contributed by atoms with Crippen molar-refractivity contribution in [3.8, 4) is 34.1 Å². The summed E-state index contributed by atoms with van der Waals surface area (Å²) >= 11 is 0. The van der Waals surface area contributed by atoms with Crippen LogP contribution in [0.3, 0.4) is 0 Å². The van der Waals surface area contributed by atoms with Crippen LogP contribution in [0.2, 0.25) is 0 Å². The molecule has 0 aliphatic carbocycles. The number of piperidine rings is 1. The molecule has 3 heterocycles. The molecule has 0 unspecified atom stereocenters. The molecule has 3 aromatic rings. The van der Waals surface area contributed by atoms with Crippen molar-refractivity contribution in [2.24, 2.45) is 5.41 Å². The third-order valence-electron chi connectivity index (χ3n) is 8.15. The van der Waals surface area contributed by atoms with Crippen LogP contribution in [0.5, 0.6) is 0 Å². The molecule has 1 fully saturated rings. The molecule has 5 heteroatoms. The highest BCUT2D eigenvalue weighted by atomic mass is 19.1. The second-order valence-corrected chi connectivity index (χ2v) is 13.1. The van der Waals surface area contributed by atoms with E-state index < -0.39 is 5.95 Å². The van der Waals surface area contributed by atoms with Crippen LogP contribution < -0.4 is 5.73 Å². The minimum Gasteiger partial charge on any atom is -0.397 e. The fraction of sp³-hybridized carbons (Fsp3) is 0.514. The molecule has 2 N–H and O–H groups in total. The van der Waals surface area contributed by atoms with E-state index in [0.29, 0.717) is 27.9 Å². The average molecular weight is 569 g/mol. The number of nitrogens with zero attached hydrogens (tertiary/aromatic N) is 3. The number of hydrogen-bond donors (Lipinski definition) is 1. The first-order valence-corrected chi connectivity index (χ1v) is 16.0. The molecular formula is C37H49FN4. The maximum Gasteiger partial charge on any atom is 0.220 e. The highest BCUT2D eigenvalue weighted by Crippen LogP contribution is 2.31. The zero-order chi connectivity index (χ0) is 29.8. The summed E-state index contributed by atoms with van der Waals surface area (Å²) in [6, 6.07) is 12.1. The number of nitrogen functional groups attached to an aromatic ring is 1. The molecule has 1 aliphatic heterocycles. The second kappa shape index (κ2) is 15.8. The number of anilines is 1. The molecule has 224 valence electrons. The van der Waals surface area contributed by atoms with Crippen molar-refractivity contribution >= 4 is 5.69 Å². The van der Waals surface area contributed by atoms with Crippen LogP contribution in [-0.4, -0.2) is 28.0 Å². The van der Waals surface area contributed by atoms with E-state index in [0.717, 1.165) is 30.5 Å². The van der Waals surface area contributed by atoms with Gasteiger partial charge in [-0.1, -0.05) is 95.9 Å². The summed E-state index contributed by atoms with van der Waals surface area (Å²) in [5.74, 6) is 5.86. The van der Waals surface area contributed by atoms with Gasteiger partial charge in [-0.25, -0.2) is 9.97 Å². The third-order valence-corrected chi connectivity index (χ3v) is 8.15. The molecule has 0 radical (unpaired) electrons. The molecule has 42 heavy (non-hydrogen) atoms. The lowest BCUT2D eigenvalue weighted by Crippen LogP contribution is -2.28. The first-order chi connectivity index (χ1) is 20.3. The normalized spacial score (nSPS) is 14.0. The molecule has 0 amide bonds. The van der Waals surface area contributed by atoms with Crippen LogP contribution in [0, 0.1) is 23.2 Å². The highest BCUT2D eigenvalue weighted by molar-refractivity contribution is 5.79. The Balaban J connectivity index is 1.31. The summed E-state index contributed by atoms with van der Waals surface area (Å²) in [5, 5.41) is 0. The largest absolute Gasteiger partial charge is 0.397 e. The third kappa shape index (κ3) is 10.2. The topological polar surface area (TPSA) is 55.0 Å². The molecule has 0 bridgehead atoms. The van der Waals surface area contributed by atoms with Crippen LogP contribution in [0.1, 0.15) is 109 Å². The Hall–Kier alpha value is -3.23. The van der Waals surface area contributed by atoms with Crippen molar-refractivity contribution in [1.82, 2.24) is 14.9 Å². The van der Waals surface area contributed by atoms with Gasteiger partial charge in [-0.15, -0.1) is 0 Å². The average Bonchev–Trinajstić information content (AvgIpc) is 2.97. The quantitative estimate of drug-likeness (QED) is 0.134. The molecule has 4 nitrogen and oxygen atoms in total. The summed E-state index contributed by atoms with van der Waals surface area (Å²) < 4.78 is 15.0. The van der Waals surface area contributed by atoms with E-state index in [1.165, 1.54) is 82.9 Å². The van der Waals surface area contributed by atoms with Gasteiger partial charge in [-0.3, -0.25) is 4.90 Å². The fourth-order valence-corrected chi connectivity index (χ4v) is 5.65. The van der Waals surface area contributed by atoms with Gasteiger partial charge in [0.15, 0.2) is 0 Å². The van der Waals surface area contributed by atoms with Crippen molar-refractivity contribution in [2.45, 2.75) is 104 Å². The highest BCUT2D eigenvalue weighted by Gasteiger charge is 2.14. The molecule has 2 aromatic heterocycles. The summed E-state index contributed by atoms with van der Waals surface area (Å²) in [6.07, 6.45) is 18.1. The van der Waals surface area contributed by atoms with Gasteiger partial charge in [0.2, 0.25) is 5.95 Å². The van der Waals surface area contributed by atoms with Crippen LogP contribution in [0.4, 0.5) is 10.1 Å². The van der Waals surface area contributed by atoms with Crippen molar-refractivity contribution in [1.29, 1.82) is 0 Å². The molecule has 4 rings (SSSR count). The van der Waals surface area contributed by atoms with Gasteiger partial charge < -0.3 is 5.73 Å². The van der Waals surface area contributed by atoms with Crippen LogP contribution in [-0.2, 0) is 6.54 Å². The first kappa shape index (κ1) is 31.7. The van der Waals surface area contributed by atoms with E-state index in [9.17, 15) is 4.39 Å². The number of rotatable bonds is 12. The predicted octanol–water partition coefficient (Wildman–Crippen LogP) is 9.43. The summed E-state index contributed by atoms with van der Waals surface area (Å²) in [6.45, 7) is 10.3. The first-order valence-electron chi connectivity index (χ1n) is 16.0. The van der Waals surface area contributed by atoms with E-state index in [4.69, 9.17) is 5.73 Å². The van der Waals surface area contributed by atoms with Crippen molar-refractivity contribution in [3.63, 3.8) is 0 Å². The Morgan fingerprint density at radius 3 is 2.21 bits per heavy atom. The zero-order valence-corrected chi connectivity index (χ0v) is 26.0. The lowest BCUT2D eigenvalue weighted by Gasteiger charge is -2.26. The molecule has 1 aliphatic rings. The van der Waals surface area contributed by atoms with Crippen molar-refractivity contribution in [2.75, 3.05) is 18.8 Å². The standard InChI is InChI=1S/C37H49FN4/c1-37(2,3)21-13-10-8-6-4-5-7-9-12-16-32-25-33(35(39)27-40-32)34-24-31(26-41-36(34)38)30-19-17-29(18-20-30)28-42-22-14-11-15-23-42/h17-20,24-27H,4-11,13-15,21-23,28,39H2,1-3H3. The lowest BCUT2D eigenvalue weighted by molar-refractivity contribution is 0.221. The van der Waals surface area contributed by atoms with Gasteiger partial charge in [-0.2, -0.15) is 4.39 Å². The molecule has 1 saturated heterocycles. The Kier molecular flexibility index (Phi) is 12.0. The van der Waals surface area contributed by atoms with Gasteiger partial charge in [0.05, 0.1) is 11.9 Å². The van der Waals surface area contributed by atoms with E-state index in [-0.39, 0.29) is 0 Å². The SMILES string of the molecule is CC(C)(C)CCCCCCCCCC#Cc1cc(-c2cc(-c3ccc(CN4CCCCC4)cc3)cnc2F)c(N)cn1. The number of pyridine rings is 2. The van der Waals surface area contributed by atoms with E-state index in [2.05, 4.69) is 71.7 Å². The van der Waals surface area contributed by atoms with Crippen LogP contribution >= 0.6 is 0 Å². The summed E-state index contributed by atoms with van der Waals surface area (Å²) in [7, 11) is 0. The van der Waals surface area contributed by atoms with Crippen LogP contribution in [0.25, 0.3) is 22.3 Å². The lowest BCUT2D eigenvalue weighted by atomic mass is 9.89. The minimum atomic E-state index is -0.546. The van der Waals surface area contributed by atoms with Gasteiger partial charge in [0.1, 0.15) is 5.69 Å². The zero-order valence-electron chi connectivity index (χ0n) is 26.0. The molecule has 1 aromatic carbocycles. The van der Waals surface area contributed by atoms with Crippen LogP contribution in [0.15, 0.2) is 48.8 Å². The minimum absolute atomic E-state index is 0.371. The monoisotopic (exact) mass is 568 g/mol. The maximum absolute atomic E-state index is 15.0. The molecule has 0 saturated carbocycles. The van der Waals surface area contributed by atoms with E-state index >= 15 is 0 Å². The van der Waals surface area contributed by atoms with E-state index in [1.807, 2.05) is 6.07 Å². The molecule has 0 spiro atoms. The predicted molar refractivity (Wildman–Crippen MR) is 174 cm³/mol. The number of hydrogen-bond acceptors (Lipinski definition) is 4. The number of nitrogens with two attached hydrogens (primary N) is 1. The molecular weight excluding hydrogens is 519 g/mol. The Morgan fingerprint density at radius 2 is 1.50 bits per heavy atom. The maximum atomic E-state index is 15.0. The summed E-state index contributed by atoms with van der Waals surface area (Å²) in [4.78, 5) is 11.0. The number of unbranched alkanes of at least 4 members (excludes halogenated alkanes) is 7. The van der Waals surface area contributed by atoms with Gasteiger partial charge in [-0.05, 0) is 73.4 Å². The molecule has 0 atom stereocenters. The number of benzene rings is 1. The van der Waals surface area contributed by atoms with Gasteiger partial charge in [0.25, 0.3) is 0 Å². The Morgan fingerprint density at radius 1 is 0.810 bits per heavy atom. The number of likely N-dealkylation sites (tertiary alicyclic amines) is 1. The van der Waals surface area contributed by atoms with Gasteiger partial charge >= 0.3 is 0 Å².